The molecule has 5 heteroatoms. The van der Waals surface area contributed by atoms with Gasteiger partial charge in [-0.25, -0.2) is 0 Å². The molecule has 1 aromatic carbocycles. The summed E-state index contributed by atoms with van der Waals surface area (Å²) >= 11 is 2.17. The van der Waals surface area contributed by atoms with Crippen LogP contribution in [-0.4, -0.2) is 18.0 Å². The topological polar surface area (TPSA) is 55.2 Å². The van der Waals surface area contributed by atoms with Gasteiger partial charge in [-0.2, -0.15) is 0 Å². The molecule has 94 valence electrons. The maximum Gasteiger partial charge on any atom is 0.270 e. The van der Waals surface area contributed by atoms with Gasteiger partial charge in [0.15, 0.2) is 0 Å². The van der Waals surface area contributed by atoms with E-state index in [2.05, 4.69) is 41.8 Å². The zero-order chi connectivity index (χ0) is 13.0. The number of nitro groups is 1. The monoisotopic (exact) mass is 348 g/mol. The summed E-state index contributed by atoms with van der Waals surface area (Å²) in [6.45, 7) is 4.28. The molecule has 1 rings (SSSR count). The second kappa shape index (κ2) is 6.30. The Morgan fingerprint density at radius 2 is 2.18 bits per heavy atom. The SMILES string of the molecule is CCC(NC)C(C)c1ccc([N+](=O)[O-])cc1I. The third-order valence-electron chi connectivity index (χ3n) is 3.10. The first-order valence-electron chi connectivity index (χ1n) is 5.62. The molecule has 0 heterocycles. The summed E-state index contributed by atoms with van der Waals surface area (Å²) in [6, 6.07) is 5.47. The molecule has 0 amide bonds. The van der Waals surface area contributed by atoms with E-state index in [0.717, 1.165) is 15.6 Å². The zero-order valence-corrected chi connectivity index (χ0v) is 12.4. The fourth-order valence-corrected chi connectivity index (χ4v) is 3.01. The van der Waals surface area contributed by atoms with Crippen LogP contribution in [0.4, 0.5) is 5.69 Å². The molecule has 0 aromatic heterocycles. The molecule has 4 nitrogen and oxygen atoms in total. The van der Waals surface area contributed by atoms with Crippen LogP contribution < -0.4 is 5.32 Å². The van der Waals surface area contributed by atoms with Gasteiger partial charge in [-0.3, -0.25) is 10.1 Å². The van der Waals surface area contributed by atoms with Gasteiger partial charge in [0.1, 0.15) is 0 Å². The Balaban J connectivity index is 3.03. The average Bonchev–Trinajstić information content (AvgIpc) is 2.30. The molecule has 1 aromatic rings. The highest BCUT2D eigenvalue weighted by atomic mass is 127. The highest BCUT2D eigenvalue weighted by molar-refractivity contribution is 14.1. The third kappa shape index (κ3) is 3.38. The molecule has 0 aliphatic carbocycles. The summed E-state index contributed by atoms with van der Waals surface area (Å²) in [5.41, 5.74) is 1.32. The van der Waals surface area contributed by atoms with Crippen molar-refractivity contribution in [3.63, 3.8) is 0 Å². The standard InChI is InChI=1S/C12H17IN2O2/c1-4-12(14-3)8(2)10-6-5-9(15(16)17)7-11(10)13/h5-8,12,14H,4H2,1-3H3. The van der Waals surface area contributed by atoms with Crippen molar-refractivity contribution in [2.45, 2.75) is 32.2 Å². The van der Waals surface area contributed by atoms with Crippen LogP contribution in [0.15, 0.2) is 18.2 Å². The highest BCUT2D eigenvalue weighted by Crippen LogP contribution is 2.28. The fourth-order valence-electron chi connectivity index (χ4n) is 2.02. The van der Waals surface area contributed by atoms with Crippen LogP contribution in [0.1, 0.15) is 31.7 Å². The Hall–Kier alpha value is -0.690. The van der Waals surface area contributed by atoms with E-state index in [1.165, 1.54) is 0 Å². The van der Waals surface area contributed by atoms with Crippen molar-refractivity contribution < 1.29 is 4.92 Å². The molecule has 0 saturated carbocycles. The van der Waals surface area contributed by atoms with Gasteiger partial charge in [-0.05, 0) is 47.5 Å². The largest absolute Gasteiger partial charge is 0.316 e. The average molecular weight is 348 g/mol. The van der Waals surface area contributed by atoms with Crippen LogP contribution in [0, 0.1) is 13.7 Å². The van der Waals surface area contributed by atoms with Crippen molar-refractivity contribution in [1.82, 2.24) is 5.32 Å². The Labute approximate surface area is 115 Å². The van der Waals surface area contributed by atoms with Crippen LogP contribution in [0.3, 0.4) is 0 Å². The highest BCUT2D eigenvalue weighted by Gasteiger charge is 2.19. The van der Waals surface area contributed by atoms with Crippen molar-refractivity contribution in [1.29, 1.82) is 0 Å². The molecule has 17 heavy (non-hydrogen) atoms. The molecule has 0 bridgehead atoms. The Kier molecular flexibility index (Phi) is 5.32. The van der Waals surface area contributed by atoms with Crippen LogP contribution in [0.2, 0.25) is 0 Å². The van der Waals surface area contributed by atoms with Gasteiger partial charge in [0.2, 0.25) is 0 Å². The second-order valence-corrected chi connectivity index (χ2v) is 5.22. The smallest absolute Gasteiger partial charge is 0.270 e. The normalized spacial score (nSPS) is 14.4. The van der Waals surface area contributed by atoms with Crippen molar-refractivity contribution in [2.75, 3.05) is 7.05 Å². The van der Waals surface area contributed by atoms with Crippen LogP contribution in [0.5, 0.6) is 0 Å². The number of likely N-dealkylation sites (N-methyl/N-ethyl adjacent to an activating group) is 1. The zero-order valence-electron chi connectivity index (χ0n) is 10.2. The number of hydrogen-bond acceptors (Lipinski definition) is 3. The van der Waals surface area contributed by atoms with Crippen molar-refractivity contribution in [2.24, 2.45) is 0 Å². The molecule has 0 aliphatic rings. The van der Waals surface area contributed by atoms with Gasteiger partial charge in [-0.1, -0.05) is 19.9 Å². The lowest BCUT2D eigenvalue weighted by molar-refractivity contribution is -0.385. The van der Waals surface area contributed by atoms with E-state index in [1.54, 1.807) is 12.1 Å². The van der Waals surface area contributed by atoms with Crippen molar-refractivity contribution >= 4 is 28.3 Å². The number of nitrogens with zero attached hydrogens (tertiary/aromatic N) is 1. The fraction of sp³-hybridized carbons (Fsp3) is 0.500. The molecule has 2 atom stereocenters. The number of benzene rings is 1. The molecule has 0 fully saturated rings. The van der Waals surface area contributed by atoms with Crippen LogP contribution in [-0.2, 0) is 0 Å². The number of nitro benzene ring substituents is 1. The lowest BCUT2D eigenvalue weighted by Crippen LogP contribution is -2.30. The van der Waals surface area contributed by atoms with E-state index >= 15 is 0 Å². The maximum absolute atomic E-state index is 10.7. The molecular formula is C12H17IN2O2. The molecule has 2 unspecified atom stereocenters. The minimum Gasteiger partial charge on any atom is -0.316 e. The molecule has 0 saturated heterocycles. The minimum atomic E-state index is -0.355. The first kappa shape index (κ1) is 14.4. The van der Waals surface area contributed by atoms with Crippen molar-refractivity contribution in [3.05, 3.63) is 37.4 Å². The van der Waals surface area contributed by atoms with E-state index in [4.69, 9.17) is 0 Å². The number of halogens is 1. The number of rotatable bonds is 5. The molecule has 1 N–H and O–H groups in total. The van der Waals surface area contributed by atoms with E-state index in [0.29, 0.717) is 12.0 Å². The van der Waals surface area contributed by atoms with E-state index < -0.39 is 0 Å². The number of hydrogen-bond donors (Lipinski definition) is 1. The lowest BCUT2D eigenvalue weighted by atomic mass is 9.92. The van der Waals surface area contributed by atoms with Gasteiger partial charge in [-0.15, -0.1) is 0 Å². The molecule has 0 radical (unpaired) electrons. The Morgan fingerprint density at radius 1 is 1.53 bits per heavy atom. The van der Waals surface area contributed by atoms with Crippen LogP contribution >= 0.6 is 22.6 Å². The summed E-state index contributed by atoms with van der Waals surface area (Å²) in [4.78, 5) is 10.3. The number of non-ortho nitro benzene ring substituents is 1. The summed E-state index contributed by atoms with van der Waals surface area (Å²) in [7, 11) is 1.95. The van der Waals surface area contributed by atoms with Gasteiger partial charge in [0.25, 0.3) is 5.69 Å². The molecular weight excluding hydrogens is 331 g/mol. The predicted octanol–water partition coefficient (Wildman–Crippen LogP) is 3.30. The van der Waals surface area contributed by atoms with E-state index in [1.807, 2.05) is 13.1 Å². The minimum absolute atomic E-state index is 0.155. The second-order valence-electron chi connectivity index (χ2n) is 4.06. The summed E-state index contributed by atoms with van der Waals surface area (Å²) in [5.74, 6) is 0.345. The van der Waals surface area contributed by atoms with Gasteiger partial charge >= 0.3 is 0 Å². The van der Waals surface area contributed by atoms with Gasteiger partial charge < -0.3 is 5.32 Å². The van der Waals surface area contributed by atoms with E-state index in [-0.39, 0.29) is 10.6 Å². The van der Waals surface area contributed by atoms with Crippen molar-refractivity contribution in [3.8, 4) is 0 Å². The Morgan fingerprint density at radius 3 is 2.59 bits per heavy atom. The van der Waals surface area contributed by atoms with E-state index in [9.17, 15) is 10.1 Å². The molecule has 0 spiro atoms. The summed E-state index contributed by atoms with van der Waals surface area (Å²) in [6.07, 6.45) is 1.03. The van der Waals surface area contributed by atoms with Gasteiger partial charge in [0.05, 0.1) is 4.92 Å². The first-order chi connectivity index (χ1) is 8.01. The third-order valence-corrected chi connectivity index (χ3v) is 4.03. The van der Waals surface area contributed by atoms with Crippen LogP contribution in [0.25, 0.3) is 0 Å². The number of nitrogens with one attached hydrogen (secondary N) is 1. The predicted molar refractivity (Wildman–Crippen MR) is 77.4 cm³/mol. The quantitative estimate of drug-likeness (QED) is 0.505. The lowest BCUT2D eigenvalue weighted by Gasteiger charge is -2.23. The van der Waals surface area contributed by atoms with Gasteiger partial charge in [0, 0.05) is 21.7 Å². The molecule has 0 aliphatic heterocycles. The first-order valence-corrected chi connectivity index (χ1v) is 6.70. The Bertz CT molecular complexity index is 405. The summed E-state index contributed by atoms with van der Waals surface area (Å²) < 4.78 is 0.956. The maximum atomic E-state index is 10.7. The summed E-state index contributed by atoms with van der Waals surface area (Å²) in [5, 5.41) is 13.9.